The van der Waals surface area contributed by atoms with Crippen LogP contribution in [-0.4, -0.2) is 89.0 Å². The second-order valence-corrected chi connectivity index (χ2v) is 7.11. The molecule has 1 aliphatic heterocycles. The maximum atomic E-state index is 12.0. The minimum absolute atomic E-state index is 0.223. The average molecular weight is 422 g/mol. The molecule has 170 valence electrons. The lowest BCUT2D eigenvalue weighted by molar-refractivity contribution is -0.305. The lowest BCUT2D eigenvalue weighted by Gasteiger charge is -2.39. The molecule has 29 heavy (non-hydrogen) atoms. The van der Waals surface area contributed by atoms with E-state index in [1.165, 1.54) is 6.92 Å². The van der Waals surface area contributed by atoms with Crippen LogP contribution in [-0.2, 0) is 28.5 Å². The van der Waals surface area contributed by atoms with Gasteiger partial charge in [0.1, 0.15) is 31.0 Å². The first kappa shape index (κ1) is 25.7. The molecular formula is C19H34O10. The molecule has 0 aromatic carbocycles. The molecule has 0 radical (unpaired) electrons. The van der Waals surface area contributed by atoms with Gasteiger partial charge < -0.3 is 39.4 Å². The van der Waals surface area contributed by atoms with Crippen LogP contribution >= 0.6 is 0 Å². The highest BCUT2D eigenvalue weighted by Gasteiger charge is 2.44. The summed E-state index contributed by atoms with van der Waals surface area (Å²) in [5.41, 5.74) is 0. The standard InChI is InChI=1S/C19H34O10/c1-3-4-5-6-7-8-15(22)28-13(10-26-12(2)21)11-27-19-18(25)17(24)16(23)14(9-20)29-19/h13-14,16-20,23-25H,3-11H2,1-2H3. The van der Waals surface area contributed by atoms with Crippen LogP contribution in [0, 0.1) is 0 Å². The van der Waals surface area contributed by atoms with E-state index in [1.54, 1.807) is 0 Å². The minimum Gasteiger partial charge on any atom is -0.462 e. The Labute approximate surface area is 170 Å². The lowest BCUT2D eigenvalue weighted by atomic mass is 9.99. The van der Waals surface area contributed by atoms with Crippen molar-refractivity contribution in [3.63, 3.8) is 0 Å². The Morgan fingerprint density at radius 1 is 1.00 bits per heavy atom. The summed E-state index contributed by atoms with van der Waals surface area (Å²) in [4.78, 5) is 23.1. The number of ether oxygens (including phenoxy) is 4. The molecule has 1 heterocycles. The van der Waals surface area contributed by atoms with Crippen LogP contribution in [0.2, 0.25) is 0 Å². The van der Waals surface area contributed by atoms with Gasteiger partial charge in [0.15, 0.2) is 12.4 Å². The first-order valence-corrected chi connectivity index (χ1v) is 10.0. The number of unbranched alkanes of at least 4 members (excludes halogenated alkanes) is 4. The number of carbonyl (C=O) groups is 2. The fourth-order valence-corrected chi connectivity index (χ4v) is 2.85. The molecule has 0 amide bonds. The highest BCUT2D eigenvalue weighted by molar-refractivity contribution is 5.69. The van der Waals surface area contributed by atoms with Crippen molar-refractivity contribution < 1.29 is 49.0 Å². The predicted molar refractivity (Wildman–Crippen MR) is 99.6 cm³/mol. The topological polar surface area (TPSA) is 152 Å². The van der Waals surface area contributed by atoms with Crippen molar-refractivity contribution >= 4 is 11.9 Å². The predicted octanol–water partition coefficient (Wildman–Crippen LogP) is -0.362. The van der Waals surface area contributed by atoms with Crippen molar-refractivity contribution in [3.8, 4) is 0 Å². The zero-order valence-electron chi connectivity index (χ0n) is 17.1. The zero-order chi connectivity index (χ0) is 21.8. The SMILES string of the molecule is CCCCCCCC(=O)OC(COC(C)=O)COC1OC(CO)C(O)C(O)C1O. The Morgan fingerprint density at radius 3 is 2.31 bits per heavy atom. The van der Waals surface area contributed by atoms with Gasteiger partial charge in [-0.1, -0.05) is 32.6 Å². The molecule has 10 nitrogen and oxygen atoms in total. The normalized spacial score (nSPS) is 28.0. The summed E-state index contributed by atoms with van der Waals surface area (Å²) in [6.45, 7) is 2.20. The number of carbonyl (C=O) groups excluding carboxylic acids is 2. The van der Waals surface area contributed by atoms with Crippen LogP contribution in [0.1, 0.15) is 52.4 Å². The maximum absolute atomic E-state index is 12.0. The highest BCUT2D eigenvalue weighted by Crippen LogP contribution is 2.22. The average Bonchev–Trinajstić information content (AvgIpc) is 2.69. The summed E-state index contributed by atoms with van der Waals surface area (Å²) in [5, 5.41) is 38.8. The van der Waals surface area contributed by atoms with Crippen molar-refractivity contribution in [1.82, 2.24) is 0 Å². The molecule has 0 aliphatic carbocycles. The Bertz CT molecular complexity index is 484. The lowest BCUT2D eigenvalue weighted by Crippen LogP contribution is -2.59. The molecule has 1 fully saturated rings. The molecule has 6 unspecified atom stereocenters. The van der Waals surface area contributed by atoms with Gasteiger partial charge >= 0.3 is 11.9 Å². The highest BCUT2D eigenvalue weighted by atomic mass is 16.7. The summed E-state index contributed by atoms with van der Waals surface area (Å²) in [7, 11) is 0. The molecule has 10 heteroatoms. The van der Waals surface area contributed by atoms with E-state index >= 15 is 0 Å². The maximum Gasteiger partial charge on any atom is 0.306 e. The first-order chi connectivity index (χ1) is 13.8. The van der Waals surface area contributed by atoms with E-state index in [4.69, 9.17) is 18.9 Å². The monoisotopic (exact) mass is 422 g/mol. The second kappa shape index (κ2) is 13.8. The van der Waals surface area contributed by atoms with Crippen LogP contribution in [0.25, 0.3) is 0 Å². The van der Waals surface area contributed by atoms with E-state index < -0.39 is 55.4 Å². The van der Waals surface area contributed by atoms with Gasteiger partial charge in [0.05, 0.1) is 13.2 Å². The molecule has 0 bridgehead atoms. The zero-order valence-corrected chi connectivity index (χ0v) is 17.1. The molecule has 1 aliphatic rings. The molecule has 0 spiro atoms. The van der Waals surface area contributed by atoms with Crippen molar-refractivity contribution in [3.05, 3.63) is 0 Å². The van der Waals surface area contributed by atoms with Gasteiger partial charge in [-0.3, -0.25) is 9.59 Å². The first-order valence-electron chi connectivity index (χ1n) is 10.0. The smallest absolute Gasteiger partial charge is 0.306 e. The van der Waals surface area contributed by atoms with E-state index in [2.05, 4.69) is 6.92 Å². The van der Waals surface area contributed by atoms with Gasteiger partial charge in [0.2, 0.25) is 0 Å². The summed E-state index contributed by atoms with van der Waals surface area (Å²) in [6.07, 6.45) is -2.99. The van der Waals surface area contributed by atoms with Gasteiger partial charge in [0, 0.05) is 13.3 Å². The summed E-state index contributed by atoms with van der Waals surface area (Å²) < 4.78 is 20.8. The fourth-order valence-electron chi connectivity index (χ4n) is 2.85. The van der Waals surface area contributed by atoms with Gasteiger partial charge in [0.25, 0.3) is 0 Å². The Morgan fingerprint density at radius 2 is 1.69 bits per heavy atom. The Hall–Kier alpha value is -1.30. The van der Waals surface area contributed by atoms with Crippen LogP contribution in [0.4, 0.5) is 0 Å². The Kier molecular flexibility index (Phi) is 12.3. The van der Waals surface area contributed by atoms with Crippen LogP contribution in [0.3, 0.4) is 0 Å². The molecule has 4 N–H and O–H groups in total. The van der Waals surface area contributed by atoms with Crippen molar-refractivity contribution in [2.75, 3.05) is 19.8 Å². The molecule has 1 saturated heterocycles. The summed E-state index contributed by atoms with van der Waals surface area (Å²) in [5.74, 6) is -1.02. The number of hydrogen-bond donors (Lipinski definition) is 4. The van der Waals surface area contributed by atoms with Gasteiger partial charge in [-0.25, -0.2) is 0 Å². The van der Waals surface area contributed by atoms with Gasteiger partial charge in [-0.15, -0.1) is 0 Å². The fraction of sp³-hybridized carbons (Fsp3) is 0.895. The number of aliphatic hydroxyl groups is 4. The van der Waals surface area contributed by atoms with Crippen molar-refractivity contribution in [1.29, 1.82) is 0 Å². The molecule has 6 atom stereocenters. The molecule has 0 aromatic rings. The number of rotatable bonds is 13. The third-order valence-corrected chi connectivity index (χ3v) is 4.55. The van der Waals surface area contributed by atoms with E-state index in [0.29, 0.717) is 6.42 Å². The molecule has 0 aromatic heterocycles. The van der Waals surface area contributed by atoms with Crippen LogP contribution in [0.15, 0.2) is 0 Å². The third kappa shape index (κ3) is 9.37. The quantitative estimate of drug-likeness (QED) is 0.229. The van der Waals surface area contributed by atoms with Gasteiger partial charge in [-0.05, 0) is 6.42 Å². The van der Waals surface area contributed by atoms with Crippen molar-refractivity contribution in [2.24, 2.45) is 0 Å². The molecular weight excluding hydrogens is 388 g/mol. The summed E-state index contributed by atoms with van der Waals surface area (Å²) in [6, 6.07) is 0. The largest absolute Gasteiger partial charge is 0.462 e. The number of hydrogen-bond acceptors (Lipinski definition) is 10. The summed E-state index contributed by atoms with van der Waals surface area (Å²) >= 11 is 0. The Balaban J connectivity index is 2.54. The number of aliphatic hydroxyl groups excluding tert-OH is 4. The van der Waals surface area contributed by atoms with Crippen LogP contribution < -0.4 is 0 Å². The van der Waals surface area contributed by atoms with Gasteiger partial charge in [-0.2, -0.15) is 0 Å². The second-order valence-electron chi connectivity index (χ2n) is 7.11. The van der Waals surface area contributed by atoms with Crippen LogP contribution in [0.5, 0.6) is 0 Å². The minimum atomic E-state index is -1.58. The van der Waals surface area contributed by atoms with E-state index in [9.17, 15) is 30.0 Å². The third-order valence-electron chi connectivity index (χ3n) is 4.55. The van der Waals surface area contributed by atoms with E-state index in [1.807, 2.05) is 0 Å². The van der Waals surface area contributed by atoms with E-state index in [0.717, 1.165) is 25.7 Å². The van der Waals surface area contributed by atoms with E-state index in [-0.39, 0.29) is 19.6 Å². The molecule has 0 saturated carbocycles. The molecule has 1 rings (SSSR count). The number of esters is 2. The van der Waals surface area contributed by atoms with Crippen molar-refractivity contribution in [2.45, 2.75) is 89.2 Å².